The van der Waals surface area contributed by atoms with Gasteiger partial charge in [-0.15, -0.1) is 0 Å². The number of hydrogen-bond acceptors (Lipinski definition) is 6. The maximum atomic E-state index is 9.93. The lowest BCUT2D eigenvalue weighted by atomic mass is 9.99. The molecule has 0 radical (unpaired) electrons. The van der Waals surface area contributed by atoms with E-state index in [0.717, 1.165) is 12.8 Å². The van der Waals surface area contributed by atoms with Gasteiger partial charge >= 0.3 is 0 Å². The zero-order valence-electron chi connectivity index (χ0n) is 20.6. The van der Waals surface area contributed by atoms with Crippen molar-refractivity contribution in [3.05, 3.63) is 0 Å². The van der Waals surface area contributed by atoms with Crippen LogP contribution in [0, 0.1) is 0 Å². The van der Waals surface area contributed by atoms with Crippen LogP contribution in [0.2, 0.25) is 0 Å². The second kappa shape index (κ2) is 20.2. The van der Waals surface area contributed by atoms with Crippen LogP contribution in [0.25, 0.3) is 0 Å². The summed E-state index contributed by atoms with van der Waals surface area (Å²) >= 11 is 0. The minimum Gasteiger partial charge on any atom is -0.394 e. The summed E-state index contributed by atoms with van der Waals surface area (Å²) in [6.07, 6.45) is 17.9. The van der Waals surface area contributed by atoms with E-state index < -0.39 is 37.3 Å². The molecule has 32 heavy (non-hydrogen) atoms. The lowest BCUT2D eigenvalue weighted by molar-refractivity contribution is -0.301. The zero-order valence-corrected chi connectivity index (χ0v) is 20.6. The molecule has 0 aromatic carbocycles. The number of aliphatic hydroxyl groups is 4. The molecule has 1 heterocycles. The summed E-state index contributed by atoms with van der Waals surface area (Å²) in [7, 11) is 0. The van der Waals surface area contributed by atoms with E-state index in [-0.39, 0.29) is 0 Å². The molecule has 0 aromatic rings. The van der Waals surface area contributed by atoms with Crippen LogP contribution in [0.5, 0.6) is 0 Å². The van der Waals surface area contributed by atoms with Crippen LogP contribution in [-0.2, 0) is 9.47 Å². The third-order valence-corrected chi connectivity index (χ3v) is 6.63. The first-order valence-corrected chi connectivity index (χ1v) is 13.5. The summed E-state index contributed by atoms with van der Waals surface area (Å²) < 4.78 is 10.9. The van der Waals surface area contributed by atoms with E-state index in [9.17, 15) is 20.4 Å². The van der Waals surface area contributed by atoms with Gasteiger partial charge < -0.3 is 29.9 Å². The molecule has 1 saturated heterocycles. The smallest absolute Gasteiger partial charge is 0.186 e. The van der Waals surface area contributed by atoms with Gasteiger partial charge in [0, 0.05) is 6.61 Å². The summed E-state index contributed by atoms with van der Waals surface area (Å²) in [5.41, 5.74) is 0. The highest BCUT2D eigenvalue weighted by Crippen LogP contribution is 2.22. The molecule has 192 valence electrons. The minimum absolute atomic E-state index is 0.427. The first-order chi connectivity index (χ1) is 15.6. The van der Waals surface area contributed by atoms with E-state index in [1.165, 1.54) is 103 Å². The van der Waals surface area contributed by atoms with Crippen molar-refractivity contribution < 1.29 is 29.9 Å². The number of aliphatic hydroxyl groups excluding tert-OH is 4. The third-order valence-electron chi connectivity index (χ3n) is 6.63. The molecule has 6 heteroatoms. The number of rotatable bonds is 21. The summed E-state index contributed by atoms with van der Waals surface area (Å²) in [5, 5.41) is 38.6. The summed E-state index contributed by atoms with van der Waals surface area (Å²) in [6, 6.07) is 0. The lowest BCUT2D eigenvalue weighted by Gasteiger charge is -2.39. The topological polar surface area (TPSA) is 99.4 Å². The average molecular weight is 461 g/mol. The van der Waals surface area contributed by atoms with Crippen molar-refractivity contribution in [3.63, 3.8) is 0 Å². The molecule has 1 fully saturated rings. The lowest BCUT2D eigenvalue weighted by Crippen LogP contribution is -2.59. The molecular formula is C26H52O6. The molecular weight excluding hydrogens is 408 g/mol. The Hall–Kier alpha value is -0.240. The Morgan fingerprint density at radius 2 is 0.969 bits per heavy atom. The van der Waals surface area contributed by atoms with Crippen molar-refractivity contribution in [2.45, 2.75) is 153 Å². The highest BCUT2D eigenvalue weighted by Gasteiger charge is 2.43. The van der Waals surface area contributed by atoms with E-state index >= 15 is 0 Å². The molecule has 6 nitrogen and oxygen atoms in total. The molecule has 4 N–H and O–H groups in total. The van der Waals surface area contributed by atoms with Gasteiger partial charge in [0.05, 0.1) is 6.61 Å². The maximum Gasteiger partial charge on any atom is 0.186 e. The molecule has 0 saturated carbocycles. The molecule has 1 aliphatic heterocycles. The zero-order chi connectivity index (χ0) is 23.4. The quantitative estimate of drug-likeness (QED) is 0.183. The Bertz CT molecular complexity index is 406. The SMILES string of the molecule is CCCCCCCCCCCCCCCCCCCCO[C@H]1O[C@@H](CO)[C@H](O)[C@@H](O)[C@@H]1O. The largest absolute Gasteiger partial charge is 0.394 e. The number of hydrogen-bond donors (Lipinski definition) is 4. The van der Waals surface area contributed by atoms with Crippen LogP contribution < -0.4 is 0 Å². The molecule has 5 atom stereocenters. The van der Waals surface area contributed by atoms with Crippen LogP contribution in [-0.4, -0.2) is 64.3 Å². The number of unbranched alkanes of at least 4 members (excludes halogenated alkanes) is 17. The molecule has 1 rings (SSSR count). The van der Waals surface area contributed by atoms with Gasteiger partial charge in [0.15, 0.2) is 6.29 Å². The fourth-order valence-electron chi connectivity index (χ4n) is 4.41. The Kier molecular flexibility index (Phi) is 18.8. The predicted octanol–water partition coefficient (Wildman–Crippen LogP) is 4.84. The van der Waals surface area contributed by atoms with Crippen molar-refractivity contribution in [3.8, 4) is 0 Å². The summed E-state index contributed by atoms with van der Waals surface area (Å²) in [4.78, 5) is 0. The standard InChI is InChI=1S/C26H52O6/c1-2-3-4-5-6-7-8-9-10-11-12-13-14-15-16-17-18-19-20-31-26-25(30)24(29)23(28)22(21-27)32-26/h22-30H,2-21H2,1H3/t22-,23-,24+,25-,26-/m0/s1. The van der Waals surface area contributed by atoms with E-state index in [4.69, 9.17) is 9.47 Å². The van der Waals surface area contributed by atoms with Gasteiger partial charge in [0.25, 0.3) is 0 Å². The minimum atomic E-state index is -1.37. The Balaban J connectivity index is 1.82. The monoisotopic (exact) mass is 460 g/mol. The van der Waals surface area contributed by atoms with Crippen molar-refractivity contribution >= 4 is 0 Å². The van der Waals surface area contributed by atoms with E-state index in [0.29, 0.717) is 6.61 Å². The van der Waals surface area contributed by atoms with Gasteiger partial charge in [0.1, 0.15) is 24.4 Å². The molecule has 1 aliphatic rings. The van der Waals surface area contributed by atoms with Crippen LogP contribution >= 0.6 is 0 Å². The van der Waals surface area contributed by atoms with Crippen molar-refractivity contribution in [1.82, 2.24) is 0 Å². The fraction of sp³-hybridized carbons (Fsp3) is 1.00. The second-order valence-electron chi connectivity index (χ2n) is 9.58. The van der Waals surface area contributed by atoms with Gasteiger partial charge in [-0.05, 0) is 6.42 Å². The van der Waals surface area contributed by atoms with Gasteiger partial charge in [0.2, 0.25) is 0 Å². The number of ether oxygens (including phenoxy) is 2. The molecule has 0 aliphatic carbocycles. The maximum absolute atomic E-state index is 9.93. The van der Waals surface area contributed by atoms with E-state index in [1.807, 2.05) is 0 Å². The van der Waals surface area contributed by atoms with Crippen LogP contribution in [0.3, 0.4) is 0 Å². The first-order valence-electron chi connectivity index (χ1n) is 13.5. The molecule has 0 spiro atoms. The second-order valence-corrected chi connectivity index (χ2v) is 9.58. The van der Waals surface area contributed by atoms with Crippen LogP contribution in [0.1, 0.15) is 122 Å². The van der Waals surface area contributed by atoms with Crippen molar-refractivity contribution in [2.24, 2.45) is 0 Å². The van der Waals surface area contributed by atoms with E-state index in [1.54, 1.807) is 0 Å². The normalized spacial score (nSPS) is 26.0. The first kappa shape index (κ1) is 29.8. The predicted molar refractivity (Wildman–Crippen MR) is 128 cm³/mol. The Morgan fingerprint density at radius 1 is 0.562 bits per heavy atom. The van der Waals surface area contributed by atoms with Crippen LogP contribution in [0.15, 0.2) is 0 Å². The van der Waals surface area contributed by atoms with Gasteiger partial charge in [-0.3, -0.25) is 0 Å². The molecule has 0 aromatic heterocycles. The highest BCUT2D eigenvalue weighted by atomic mass is 16.7. The average Bonchev–Trinajstić information content (AvgIpc) is 2.80. The third kappa shape index (κ3) is 13.5. The summed E-state index contributed by atoms with van der Waals surface area (Å²) in [6.45, 7) is 2.28. The van der Waals surface area contributed by atoms with E-state index in [2.05, 4.69) is 6.92 Å². The fourth-order valence-corrected chi connectivity index (χ4v) is 4.41. The molecule has 0 unspecified atom stereocenters. The highest BCUT2D eigenvalue weighted by molar-refractivity contribution is 4.88. The summed E-state index contributed by atoms with van der Waals surface area (Å²) in [5.74, 6) is 0. The van der Waals surface area contributed by atoms with Crippen molar-refractivity contribution in [2.75, 3.05) is 13.2 Å². The van der Waals surface area contributed by atoms with Crippen molar-refractivity contribution in [1.29, 1.82) is 0 Å². The Morgan fingerprint density at radius 3 is 1.38 bits per heavy atom. The van der Waals surface area contributed by atoms with Gasteiger partial charge in [-0.2, -0.15) is 0 Å². The molecule has 0 bridgehead atoms. The van der Waals surface area contributed by atoms with Gasteiger partial charge in [-0.25, -0.2) is 0 Å². The van der Waals surface area contributed by atoms with Gasteiger partial charge in [-0.1, -0.05) is 116 Å². The van der Waals surface area contributed by atoms with Crippen LogP contribution in [0.4, 0.5) is 0 Å². The molecule has 0 amide bonds. The Labute approximate surface area is 196 Å².